The summed E-state index contributed by atoms with van der Waals surface area (Å²) in [5.41, 5.74) is 0.638. The molecule has 1 unspecified atom stereocenters. The molecule has 2 aliphatic rings. The SMILES string of the molecule is CSc1ncccc1C(=O)N1CCN(C(=O)C2CCCO2)CC1. The van der Waals surface area contributed by atoms with E-state index in [9.17, 15) is 9.59 Å². The highest BCUT2D eigenvalue weighted by molar-refractivity contribution is 7.98. The number of thioether (sulfide) groups is 1. The fourth-order valence-electron chi connectivity index (χ4n) is 2.99. The third-order valence-electron chi connectivity index (χ3n) is 4.28. The Morgan fingerprint density at radius 1 is 1.26 bits per heavy atom. The number of aromatic nitrogens is 1. The summed E-state index contributed by atoms with van der Waals surface area (Å²) in [6.07, 6.45) is 5.09. The van der Waals surface area contributed by atoms with Crippen LogP contribution in [0.25, 0.3) is 0 Å². The smallest absolute Gasteiger partial charge is 0.256 e. The van der Waals surface area contributed by atoms with E-state index in [0.29, 0.717) is 38.3 Å². The number of carbonyl (C=O) groups is 2. The van der Waals surface area contributed by atoms with Crippen LogP contribution >= 0.6 is 11.8 Å². The average Bonchev–Trinajstić information content (AvgIpc) is 3.15. The molecule has 2 fully saturated rings. The molecule has 2 saturated heterocycles. The van der Waals surface area contributed by atoms with Gasteiger partial charge in [0.15, 0.2) is 0 Å². The zero-order chi connectivity index (χ0) is 16.2. The van der Waals surface area contributed by atoms with Gasteiger partial charge in [-0.05, 0) is 31.2 Å². The van der Waals surface area contributed by atoms with Crippen molar-refractivity contribution in [3.63, 3.8) is 0 Å². The van der Waals surface area contributed by atoms with E-state index in [1.807, 2.05) is 17.2 Å². The number of nitrogens with zero attached hydrogens (tertiary/aromatic N) is 3. The van der Waals surface area contributed by atoms with Crippen LogP contribution in [0.1, 0.15) is 23.2 Å². The van der Waals surface area contributed by atoms with Crippen LogP contribution in [0.3, 0.4) is 0 Å². The van der Waals surface area contributed by atoms with E-state index in [1.54, 1.807) is 17.2 Å². The van der Waals surface area contributed by atoms with E-state index in [0.717, 1.165) is 17.9 Å². The quantitative estimate of drug-likeness (QED) is 0.779. The summed E-state index contributed by atoms with van der Waals surface area (Å²) in [4.78, 5) is 32.9. The van der Waals surface area contributed by atoms with Gasteiger partial charge >= 0.3 is 0 Å². The van der Waals surface area contributed by atoms with Crippen LogP contribution in [0.5, 0.6) is 0 Å². The van der Waals surface area contributed by atoms with Crippen molar-refractivity contribution in [2.45, 2.75) is 24.0 Å². The lowest BCUT2D eigenvalue weighted by molar-refractivity contribution is -0.142. The van der Waals surface area contributed by atoms with E-state index in [-0.39, 0.29) is 17.9 Å². The molecule has 3 rings (SSSR count). The molecule has 2 aliphatic heterocycles. The number of pyridine rings is 1. The largest absolute Gasteiger partial charge is 0.368 e. The first kappa shape index (κ1) is 16.3. The Morgan fingerprint density at radius 2 is 2.00 bits per heavy atom. The predicted molar refractivity (Wildman–Crippen MR) is 87.5 cm³/mol. The summed E-state index contributed by atoms with van der Waals surface area (Å²) in [5.74, 6) is 0.0624. The van der Waals surface area contributed by atoms with Gasteiger partial charge in [-0.1, -0.05) is 0 Å². The monoisotopic (exact) mass is 335 g/mol. The molecule has 0 N–H and O–H groups in total. The van der Waals surface area contributed by atoms with Crippen molar-refractivity contribution in [1.82, 2.24) is 14.8 Å². The van der Waals surface area contributed by atoms with Gasteiger partial charge in [-0.25, -0.2) is 4.98 Å². The van der Waals surface area contributed by atoms with Crippen molar-refractivity contribution < 1.29 is 14.3 Å². The number of hydrogen-bond acceptors (Lipinski definition) is 5. The van der Waals surface area contributed by atoms with E-state index in [1.165, 1.54) is 11.8 Å². The molecule has 23 heavy (non-hydrogen) atoms. The maximum atomic E-state index is 12.7. The Balaban J connectivity index is 1.60. The van der Waals surface area contributed by atoms with Gasteiger partial charge < -0.3 is 14.5 Å². The second-order valence-corrected chi connectivity index (χ2v) is 6.47. The lowest BCUT2D eigenvalue weighted by Gasteiger charge is -2.35. The fraction of sp³-hybridized carbons (Fsp3) is 0.562. The number of amides is 2. The number of piperazine rings is 1. The van der Waals surface area contributed by atoms with Gasteiger partial charge in [0.05, 0.1) is 5.56 Å². The second kappa shape index (κ2) is 7.31. The molecule has 1 aromatic heterocycles. The molecule has 0 aromatic carbocycles. The molecule has 2 amide bonds. The Morgan fingerprint density at radius 3 is 2.65 bits per heavy atom. The number of carbonyl (C=O) groups excluding carboxylic acids is 2. The Bertz CT molecular complexity index is 582. The first-order chi connectivity index (χ1) is 11.2. The molecule has 1 aromatic rings. The van der Waals surface area contributed by atoms with Gasteiger partial charge in [-0.15, -0.1) is 11.8 Å². The molecule has 0 bridgehead atoms. The topological polar surface area (TPSA) is 62.7 Å². The highest BCUT2D eigenvalue weighted by Gasteiger charge is 2.31. The second-order valence-electron chi connectivity index (χ2n) is 5.68. The third kappa shape index (κ3) is 3.50. The van der Waals surface area contributed by atoms with E-state index in [2.05, 4.69) is 4.98 Å². The van der Waals surface area contributed by atoms with E-state index < -0.39 is 0 Å². The van der Waals surface area contributed by atoms with Crippen molar-refractivity contribution in [2.75, 3.05) is 39.0 Å². The highest BCUT2D eigenvalue weighted by atomic mass is 32.2. The third-order valence-corrected chi connectivity index (χ3v) is 4.99. The van der Waals surface area contributed by atoms with Crippen molar-refractivity contribution in [3.05, 3.63) is 23.9 Å². The first-order valence-electron chi connectivity index (χ1n) is 7.89. The van der Waals surface area contributed by atoms with Crippen LogP contribution in [-0.2, 0) is 9.53 Å². The van der Waals surface area contributed by atoms with Crippen LogP contribution in [0.4, 0.5) is 0 Å². The van der Waals surface area contributed by atoms with E-state index in [4.69, 9.17) is 4.74 Å². The molecule has 6 nitrogen and oxygen atoms in total. The summed E-state index contributed by atoms with van der Waals surface area (Å²) >= 11 is 1.47. The fourth-order valence-corrected chi connectivity index (χ4v) is 3.53. The summed E-state index contributed by atoms with van der Waals surface area (Å²) in [6, 6.07) is 3.59. The minimum Gasteiger partial charge on any atom is -0.368 e. The average molecular weight is 335 g/mol. The zero-order valence-corrected chi connectivity index (χ0v) is 14.1. The van der Waals surface area contributed by atoms with Crippen molar-refractivity contribution in [3.8, 4) is 0 Å². The summed E-state index contributed by atoms with van der Waals surface area (Å²) in [5, 5.41) is 0.746. The molecule has 124 valence electrons. The normalized spacial score (nSPS) is 21.5. The number of ether oxygens (including phenoxy) is 1. The van der Waals surface area contributed by atoms with Crippen LogP contribution in [0.2, 0.25) is 0 Å². The molecular weight excluding hydrogens is 314 g/mol. The predicted octanol–water partition coefficient (Wildman–Crippen LogP) is 1.27. The van der Waals surface area contributed by atoms with Gasteiger partial charge in [0.1, 0.15) is 11.1 Å². The lowest BCUT2D eigenvalue weighted by atomic mass is 10.2. The molecule has 3 heterocycles. The number of rotatable bonds is 3. The summed E-state index contributed by atoms with van der Waals surface area (Å²) in [7, 11) is 0. The van der Waals surface area contributed by atoms with Crippen molar-refractivity contribution >= 4 is 23.6 Å². The highest BCUT2D eigenvalue weighted by Crippen LogP contribution is 2.20. The molecule has 1 atom stereocenters. The van der Waals surface area contributed by atoms with Gasteiger partial charge in [0.2, 0.25) is 0 Å². The van der Waals surface area contributed by atoms with Crippen molar-refractivity contribution in [1.29, 1.82) is 0 Å². The van der Waals surface area contributed by atoms with Crippen LogP contribution in [-0.4, -0.2) is 71.7 Å². The van der Waals surface area contributed by atoms with Crippen molar-refractivity contribution in [2.24, 2.45) is 0 Å². The molecule has 0 spiro atoms. The Hall–Kier alpha value is -1.60. The summed E-state index contributed by atoms with van der Waals surface area (Å²) < 4.78 is 5.46. The number of hydrogen-bond donors (Lipinski definition) is 0. The van der Waals surface area contributed by atoms with Crippen LogP contribution in [0, 0.1) is 0 Å². The molecule has 0 radical (unpaired) electrons. The van der Waals surface area contributed by atoms with Gasteiger partial charge in [-0.3, -0.25) is 9.59 Å². The maximum Gasteiger partial charge on any atom is 0.256 e. The standard InChI is InChI=1S/C16H21N3O3S/c1-23-14-12(4-2-6-17-14)15(20)18-7-9-19(10-8-18)16(21)13-5-3-11-22-13/h2,4,6,13H,3,5,7-11H2,1H3. The van der Waals surface area contributed by atoms with Gasteiger partial charge in [-0.2, -0.15) is 0 Å². The Kier molecular flexibility index (Phi) is 5.17. The zero-order valence-electron chi connectivity index (χ0n) is 13.2. The molecule has 0 saturated carbocycles. The molecule has 0 aliphatic carbocycles. The maximum absolute atomic E-state index is 12.7. The van der Waals surface area contributed by atoms with E-state index >= 15 is 0 Å². The van der Waals surface area contributed by atoms with Crippen LogP contribution in [0.15, 0.2) is 23.4 Å². The lowest BCUT2D eigenvalue weighted by Crippen LogP contribution is -2.52. The Labute approximate surface area is 140 Å². The summed E-state index contributed by atoms with van der Waals surface area (Å²) in [6.45, 7) is 2.92. The molecule has 7 heteroatoms. The minimum atomic E-state index is -0.279. The minimum absolute atomic E-state index is 0.00772. The van der Waals surface area contributed by atoms with Gasteiger partial charge in [0, 0.05) is 39.0 Å². The first-order valence-corrected chi connectivity index (χ1v) is 9.12. The van der Waals surface area contributed by atoms with Gasteiger partial charge in [0.25, 0.3) is 11.8 Å². The van der Waals surface area contributed by atoms with Crippen LogP contribution < -0.4 is 0 Å². The molecular formula is C16H21N3O3S.